The van der Waals surface area contributed by atoms with E-state index in [1.54, 1.807) is 0 Å². The van der Waals surface area contributed by atoms with Crippen LogP contribution in [-0.4, -0.2) is 24.5 Å². The maximum absolute atomic E-state index is 12.7. The van der Waals surface area contributed by atoms with Gasteiger partial charge in [0, 0.05) is 0 Å². The highest BCUT2D eigenvalue weighted by Gasteiger charge is 2.19. The Balaban J connectivity index is 2.38. The Kier molecular flexibility index (Phi) is 4.10. The van der Waals surface area contributed by atoms with E-state index in [2.05, 4.69) is 9.71 Å². The van der Waals surface area contributed by atoms with Crippen LogP contribution in [-0.2, 0) is 10.0 Å². The van der Waals surface area contributed by atoms with Crippen molar-refractivity contribution < 1.29 is 22.7 Å². The molecule has 110 valence electrons. The molecule has 0 spiro atoms. The molecule has 0 bridgehead atoms. The third-order valence-corrected chi connectivity index (χ3v) is 4.13. The largest absolute Gasteiger partial charge is 0.478 e. The summed E-state index contributed by atoms with van der Waals surface area (Å²) in [5.74, 6) is -2.06. The summed E-state index contributed by atoms with van der Waals surface area (Å²) in [6, 6.07) is 5.42. The average Bonchev–Trinajstić information content (AvgIpc) is 2.41. The van der Waals surface area contributed by atoms with Gasteiger partial charge in [-0.05, 0) is 30.3 Å². The predicted octanol–water partition coefficient (Wildman–Crippen LogP) is 2.37. The molecular formula is C12H8ClFN2O4S. The van der Waals surface area contributed by atoms with Crippen LogP contribution in [0.2, 0.25) is 5.02 Å². The number of pyridine rings is 1. The Morgan fingerprint density at radius 1 is 1.29 bits per heavy atom. The molecule has 0 fully saturated rings. The van der Waals surface area contributed by atoms with Crippen LogP contribution in [0.1, 0.15) is 10.4 Å². The maximum atomic E-state index is 12.7. The first-order valence-corrected chi connectivity index (χ1v) is 7.33. The highest BCUT2D eigenvalue weighted by Crippen LogP contribution is 2.22. The van der Waals surface area contributed by atoms with E-state index >= 15 is 0 Å². The average molecular weight is 331 g/mol. The highest BCUT2D eigenvalue weighted by molar-refractivity contribution is 7.92. The molecule has 2 aromatic rings. The van der Waals surface area contributed by atoms with Gasteiger partial charge in [-0.1, -0.05) is 11.6 Å². The number of aromatic carboxylic acids is 1. The summed E-state index contributed by atoms with van der Waals surface area (Å²) in [7, 11) is -4.06. The molecule has 0 atom stereocenters. The fourth-order valence-corrected chi connectivity index (χ4v) is 2.70. The first-order chi connectivity index (χ1) is 9.79. The first-order valence-electron chi connectivity index (χ1n) is 5.47. The zero-order valence-electron chi connectivity index (χ0n) is 10.2. The minimum atomic E-state index is -4.06. The van der Waals surface area contributed by atoms with Gasteiger partial charge in [0.25, 0.3) is 10.0 Å². The zero-order chi connectivity index (χ0) is 15.6. The molecule has 1 aromatic carbocycles. The Hall–Kier alpha value is -2.19. The summed E-state index contributed by atoms with van der Waals surface area (Å²) in [5.41, 5.74) is -0.341. The van der Waals surface area contributed by atoms with E-state index < -0.39 is 21.8 Å². The Labute approximate surface area is 124 Å². The molecular weight excluding hydrogens is 323 g/mol. The number of carboxylic acid groups (broad SMARTS) is 1. The molecule has 0 radical (unpaired) electrons. The van der Waals surface area contributed by atoms with E-state index in [1.807, 2.05) is 0 Å². The smallest absolute Gasteiger partial charge is 0.337 e. The number of carboxylic acids is 1. The van der Waals surface area contributed by atoms with Crippen LogP contribution >= 0.6 is 11.6 Å². The summed E-state index contributed by atoms with van der Waals surface area (Å²) in [6.07, 6.45) is 0.850. The van der Waals surface area contributed by atoms with Crippen molar-refractivity contribution in [2.45, 2.75) is 4.90 Å². The van der Waals surface area contributed by atoms with Crippen LogP contribution in [0, 0.1) is 5.82 Å². The van der Waals surface area contributed by atoms with Gasteiger partial charge in [-0.25, -0.2) is 22.6 Å². The molecule has 2 rings (SSSR count). The number of rotatable bonds is 4. The van der Waals surface area contributed by atoms with Crippen molar-refractivity contribution in [1.29, 1.82) is 0 Å². The van der Waals surface area contributed by atoms with Crippen LogP contribution in [0.15, 0.2) is 41.4 Å². The van der Waals surface area contributed by atoms with Crippen molar-refractivity contribution in [3.05, 3.63) is 52.9 Å². The third kappa shape index (κ3) is 3.47. The molecule has 9 heteroatoms. The van der Waals surface area contributed by atoms with Crippen LogP contribution in [0.4, 0.5) is 10.2 Å². The SMILES string of the molecule is O=C(O)c1cc(S(=O)(=O)Nc2ccc(F)cn2)ccc1Cl. The molecule has 0 saturated heterocycles. The molecule has 1 heterocycles. The highest BCUT2D eigenvalue weighted by atomic mass is 35.5. The van der Waals surface area contributed by atoms with Crippen molar-refractivity contribution in [1.82, 2.24) is 4.98 Å². The molecule has 0 aliphatic carbocycles. The Morgan fingerprint density at radius 2 is 2.00 bits per heavy atom. The van der Waals surface area contributed by atoms with Gasteiger partial charge in [-0.3, -0.25) is 4.72 Å². The number of nitrogens with one attached hydrogen (secondary N) is 1. The van der Waals surface area contributed by atoms with Gasteiger partial charge >= 0.3 is 5.97 Å². The number of carbonyl (C=O) groups is 1. The number of aromatic nitrogens is 1. The van der Waals surface area contributed by atoms with Crippen LogP contribution in [0.25, 0.3) is 0 Å². The molecule has 0 saturated carbocycles. The van der Waals surface area contributed by atoms with Crippen LogP contribution < -0.4 is 4.72 Å². The van der Waals surface area contributed by atoms with Crippen molar-refractivity contribution >= 4 is 33.4 Å². The zero-order valence-corrected chi connectivity index (χ0v) is 11.8. The minimum absolute atomic E-state index is 0.0821. The van der Waals surface area contributed by atoms with E-state index in [1.165, 1.54) is 0 Å². The van der Waals surface area contributed by atoms with E-state index in [0.717, 1.165) is 36.5 Å². The third-order valence-electron chi connectivity index (χ3n) is 2.44. The molecule has 6 nitrogen and oxygen atoms in total. The monoisotopic (exact) mass is 330 g/mol. The maximum Gasteiger partial charge on any atom is 0.337 e. The second kappa shape index (κ2) is 5.66. The molecule has 1 aromatic heterocycles. The number of nitrogens with zero attached hydrogens (tertiary/aromatic N) is 1. The van der Waals surface area contributed by atoms with Gasteiger partial charge in [-0.2, -0.15) is 0 Å². The van der Waals surface area contributed by atoms with Gasteiger partial charge in [0.1, 0.15) is 11.6 Å². The van der Waals surface area contributed by atoms with E-state index in [-0.39, 0.29) is 21.3 Å². The molecule has 21 heavy (non-hydrogen) atoms. The number of halogens is 2. The number of hydrogen-bond acceptors (Lipinski definition) is 4. The lowest BCUT2D eigenvalue weighted by molar-refractivity contribution is 0.0697. The summed E-state index contributed by atoms with van der Waals surface area (Å²) >= 11 is 5.67. The standard InChI is InChI=1S/C12H8ClFN2O4S/c13-10-3-2-8(5-9(10)12(17)18)21(19,20)16-11-4-1-7(14)6-15-11/h1-6H,(H,15,16)(H,17,18). The minimum Gasteiger partial charge on any atom is -0.478 e. The van der Waals surface area contributed by atoms with Crippen molar-refractivity contribution in [2.24, 2.45) is 0 Å². The van der Waals surface area contributed by atoms with E-state index in [0.29, 0.717) is 0 Å². The van der Waals surface area contributed by atoms with Gasteiger partial charge in [-0.15, -0.1) is 0 Å². The van der Waals surface area contributed by atoms with E-state index in [4.69, 9.17) is 16.7 Å². The number of benzene rings is 1. The number of hydrogen-bond donors (Lipinski definition) is 2. The molecule has 0 amide bonds. The van der Waals surface area contributed by atoms with Crippen LogP contribution in [0.3, 0.4) is 0 Å². The van der Waals surface area contributed by atoms with Crippen molar-refractivity contribution in [2.75, 3.05) is 4.72 Å². The summed E-state index contributed by atoms with van der Waals surface area (Å²) in [6.45, 7) is 0. The topological polar surface area (TPSA) is 96.4 Å². The summed E-state index contributed by atoms with van der Waals surface area (Å²) in [5, 5.41) is 8.84. The molecule has 0 aliphatic rings. The summed E-state index contributed by atoms with van der Waals surface area (Å²) in [4.78, 5) is 14.2. The van der Waals surface area contributed by atoms with Crippen LogP contribution in [0.5, 0.6) is 0 Å². The first kappa shape index (κ1) is 15.2. The van der Waals surface area contributed by atoms with Crippen molar-refractivity contribution in [3.8, 4) is 0 Å². The Morgan fingerprint density at radius 3 is 2.57 bits per heavy atom. The lowest BCUT2D eigenvalue weighted by atomic mass is 10.2. The molecule has 0 aliphatic heterocycles. The van der Waals surface area contributed by atoms with Gasteiger partial charge in [0.05, 0.1) is 21.7 Å². The fourth-order valence-electron chi connectivity index (χ4n) is 1.47. The molecule has 2 N–H and O–H groups in total. The summed E-state index contributed by atoms with van der Waals surface area (Å²) < 4.78 is 39.0. The van der Waals surface area contributed by atoms with Gasteiger partial charge in [0.15, 0.2) is 0 Å². The van der Waals surface area contributed by atoms with Gasteiger partial charge < -0.3 is 5.11 Å². The lowest BCUT2D eigenvalue weighted by Crippen LogP contribution is -2.14. The fraction of sp³-hybridized carbons (Fsp3) is 0. The molecule has 0 unspecified atom stereocenters. The predicted molar refractivity (Wildman–Crippen MR) is 73.4 cm³/mol. The second-order valence-corrected chi connectivity index (χ2v) is 6.00. The van der Waals surface area contributed by atoms with Crippen molar-refractivity contribution in [3.63, 3.8) is 0 Å². The lowest BCUT2D eigenvalue weighted by Gasteiger charge is -2.08. The quantitative estimate of drug-likeness (QED) is 0.897. The van der Waals surface area contributed by atoms with Gasteiger partial charge in [0.2, 0.25) is 0 Å². The van der Waals surface area contributed by atoms with E-state index in [9.17, 15) is 17.6 Å². The Bertz CT molecular complexity index is 793. The normalized spacial score (nSPS) is 11.1. The number of anilines is 1. The number of sulfonamides is 1. The second-order valence-electron chi connectivity index (χ2n) is 3.91.